The normalized spacial score (nSPS) is 20.3. The number of carbonyl (C=O) groups is 3. The molecule has 7 N–H and O–H groups in total. The van der Waals surface area contributed by atoms with Crippen LogP contribution in [0.5, 0.6) is 0 Å². The van der Waals surface area contributed by atoms with E-state index in [0.29, 0.717) is 70.2 Å². The van der Waals surface area contributed by atoms with Crippen LogP contribution in [0.1, 0.15) is 50.9 Å². The molecule has 56 heavy (non-hydrogen) atoms. The number of nitrogens with one attached hydrogen (secondary N) is 2. The number of aryl methyl sites for hydroxylation is 1. The Balaban J connectivity index is 1.23. The summed E-state index contributed by atoms with van der Waals surface area (Å²) in [6, 6.07) is 25.7. The number of carbonyl (C=O) groups excluding carboxylic acids is 3. The summed E-state index contributed by atoms with van der Waals surface area (Å²) in [7, 11) is -3.48. The molecule has 5 aromatic rings. The third-order valence-electron chi connectivity index (χ3n) is 10.7. The van der Waals surface area contributed by atoms with Gasteiger partial charge in [-0.2, -0.15) is 0 Å². The molecule has 0 aliphatic carbocycles. The molecule has 3 amide bonds. The van der Waals surface area contributed by atoms with Gasteiger partial charge in [0.1, 0.15) is 0 Å². The average Bonchev–Trinajstić information content (AvgIpc) is 3.81. The van der Waals surface area contributed by atoms with Crippen LogP contribution < -0.4 is 27.0 Å². The number of anilines is 5. The molecule has 1 saturated heterocycles. The summed E-state index contributed by atoms with van der Waals surface area (Å²) in [6.07, 6.45) is 1.84. The van der Waals surface area contributed by atoms with E-state index in [4.69, 9.17) is 16.2 Å². The van der Waals surface area contributed by atoms with Crippen LogP contribution in [-0.2, 0) is 34.6 Å². The number of aliphatic hydroxyl groups excluding tert-OH is 1. The predicted molar refractivity (Wildman–Crippen MR) is 215 cm³/mol. The van der Waals surface area contributed by atoms with Gasteiger partial charge < -0.3 is 41.0 Å². The third kappa shape index (κ3) is 7.52. The number of benzene rings is 4. The van der Waals surface area contributed by atoms with Gasteiger partial charge >= 0.3 is 0 Å². The Kier molecular flexibility index (Phi) is 10.5. The van der Waals surface area contributed by atoms with Crippen LogP contribution in [0, 0.1) is 5.92 Å². The quantitative estimate of drug-likeness (QED) is 0.0584. The fourth-order valence-electron chi connectivity index (χ4n) is 8.09. The van der Waals surface area contributed by atoms with Gasteiger partial charge in [0.25, 0.3) is 17.7 Å². The summed E-state index contributed by atoms with van der Waals surface area (Å²) < 4.78 is 25.1. The fourth-order valence-corrected chi connectivity index (χ4v) is 10.6. The molecule has 290 valence electrons. The molecule has 0 bridgehead atoms. The molecule has 0 radical (unpaired) electrons. The summed E-state index contributed by atoms with van der Waals surface area (Å²) in [5, 5.41) is 23.5. The van der Waals surface area contributed by atoms with Crippen LogP contribution in [0.3, 0.4) is 0 Å². The molecule has 13 nitrogen and oxygen atoms in total. The largest absolute Gasteiger partial charge is 0.399 e. The summed E-state index contributed by atoms with van der Waals surface area (Å²) in [5.74, 6) is -1.59. The molecule has 1 spiro atoms. The number of aromatic nitrogens is 3. The van der Waals surface area contributed by atoms with E-state index < -0.39 is 31.6 Å². The van der Waals surface area contributed by atoms with Crippen molar-refractivity contribution in [2.45, 2.75) is 63.2 Å². The Hall–Kier alpha value is -5.90. The number of hydrogen-bond donors (Lipinski definition) is 5. The van der Waals surface area contributed by atoms with Crippen molar-refractivity contribution in [2.75, 3.05) is 33.6 Å². The Morgan fingerprint density at radius 2 is 1.55 bits per heavy atom. The molecular weight excluding hydrogens is 732 g/mol. The molecule has 15 heteroatoms. The first kappa shape index (κ1) is 38.4. The molecule has 2 aliphatic heterocycles. The third-order valence-corrected chi connectivity index (χ3v) is 13.1. The van der Waals surface area contributed by atoms with E-state index in [1.807, 2.05) is 13.0 Å². The van der Waals surface area contributed by atoms with Crippen molar-refractivity contribution in [1.29, 1.82) is 0 Å². The predicted octanol–water partition coefficient (Wildman–Crippen LogP) is 5.89. The lowest BCUT2D eigenvalue weighted by atomic mass is 9.82. The number of nitrogens with zero attached hydrogens (tertiary/aromatic N) is 4. The highest BCUT2D eigenvalue weighted by atomic mass is 28.4. The van der Waals surface area contributed by atoms with Crippen LogP contribution in [-0.4, -0.2) is 58.9 Å². The monoisotopic (exact) mass is 776 g/mol. The molecule has 0 saturated carbocycles. The maximum Gasteiger partial charge on any atom is 0.264 e. The van der Waals surface area contributed by atoms with Crippen LogP contribution in [0.15, 0.2) is 97.2 Å². The number of nitrogen functional groups attached to an aromatic ring is 2. The molecule has 0 unspecified atom stereocenters. The summed E-state index contributed by atoms with van der Waals surface area (Å²) >= 11 is 0. The van der Waals surface area contributed by atoms with Gasteiger partial charge in [0.2, 0.25) is 8.41 Å². The van der Waals surface area contributed by atoms with Crippen molar-refractivity contribution in [3.05, 3.63) is 125 Å². The van der Waals surface area contributed by atoms with Gasteiger partial charge in [0.15, 0.2) is 5.60 Å². The van der Waals surface area contributed by atoms with Crippen LogP contribution in [0.25, 0.3) is 0 Å². The minimum atomic E-state index is -3.48. The van der Waals surface area contributed by atoms with Crippen LogP contribution in [0.2, 0.25) is 18.6 Å². The van der Waals surface area contributed by atoms with Crippen molar-refractivity contribution in [1.82, 2.24) is 15.0 Å². The van der Waals surface area contributed by atoms with Gasteiger partial charge in [-0.1, -0.05) is 24.3 Å². The lowest BCUT2D eigenvalue weighted by molar-refractivity contribution is -0.146. The SMILES string of the molecule is C[C@@H]1[C@@H]([Si](C)(C)F)[C@H](CCn2cc(CCO)nn2)O[C@@]12C(=O)N(Cc1cccc(NC(=O)c3ccc(N)cc3)c1)c1ccc(NC(=O)c3ccc(N)cc3)cc12. The highest BCUT2D eigenvalue weighted by Gasteiger charge is 2.66. The van der Waals surface area contributed by atoms with Gasteiger partial charge in [-0.3, -0.25) is 19.1 Å². The number of halogens is 1. The number of ether oxygens (including phenoxy) is 1. The number of fused-ring (bicyclic) bond motifs is 2. The zero-order chi connectivity index (χ0) is 39.8. The molecular formula is C41H45FN8O5Si. The Bertz CT molecular complexity index is 2260. The molecule has 1 fully saturated rings. The van der Waals surface area contributed by atoms with Gasteiger partial charge in [0.05, 0.1) is 24.0 Å². The topological polar surface area (TPSA) is 191 Å². The van der Waals surface area contributed by atoms with E-state index in [1.54, 1.807) is 114 Å². The first-order chi connectivity index (χ1) is 26.8. The van der Waals surface area contributed by atoms with Crippen LogP contribution >= 0.6 is 0 Å². The van der Waals surface area contributed by atoms with Crippen molar-refractivity contribution in [3.8, 4) is 0 Å². The summed E-state index contributed by atoms with van der Waals surface area (Å²) in [4.78, 5) is 43.1. The van der Waals surface area contributed by atoms with E-state index in [-0.39, 0.29) is 30.9 Å². The van der Waals surface area contributed by atoms with E-state index in [1.165, 1.54) is 0 Å². The van der Waals surface area contributed by atoms with E-state index >= 15 is 8.90 Å². The highest BCUT2D eigenvalue weighted by Crippen LogP contribution is 2.60. The van der Waals surface area contributed by atoms with Gasteiger partial charge in [-0.05, 0) is 104 Å². The fraction of sp³-hybridized carbons (Fsp3) is 0.293. The van der Waals surface area contributed by atoms with E-state index in [9.17, 15) is 14.7 Å². The van der Waals surface area contributed by atoms with Gasteiger partial charge in [-0.15, -0.1) is 5.10 Å². The smallest absolute Gasteiger partial charge is 0.264 e. The number of amides is 3. The molecule has 3 heterocycles. The summed E-state index contributed by atoms with van der Waals surface area (Å²) in [6.45, 7) is 5.60. The Morgan fingerprint density at radius 1 is 0.929 bits per heavy atom. The Labute approximate surface area is 325 Å². The van der Waals surface area contributed by atoms with Gasteiger partial charge in [0, 0.05) is 76.7 Å². The second kappa shape index (κ2) is 15.3. The summed E-state index contributed by atoms with van der Waals surface area (Å²) in [5.41, 5.74) is 14.9. The second-order valence-electron chi connectivity index (χ2n) is 15.0. The minimum absolute atomic E-state index is 0.0584. The first-order valence-corrected chi connectivity index (χ1v) is 21.5. The lowest BCUT2D eigenvalue weighted by Gasteiger charge is -2.31. The standard InChI is InChI=1S/C41H45FN8O5Si/c1-25-37(56(2,3)42)36(17-19-49-24-33(18-20-51)47-48-49)55-41(25)34-22-32(46-39(53)28-9-13-30(44)14-10-28)15-16-35(34)50(40(41)54)23-26-5-4-6-31(21-26)45-38(52)27-7-11-29(43)12-8-27/h4-16,21-22,24-25,36-37,51H,17-20,23,43-44H2,1-3H3,(H,45,52)(H,46,53)/t25-,36+,37-,41+/m1/s1. The zero-order valence-corrected chi connectivity index (χ0v) is 32.4. The molecule has 4 atom stereocenters. The number of rotatable bonds is 12. The van der Waals surface area contributed by atoms with Gasteiger partial charge in [-0.25, -0.2) is 0 Å². The lowest BCUT2D eigenvalue weighted by Crippen LogP contribution is -2.45. The van der Waals surface area contributed by atoms with Crippen molar-refractivity contribution >= 4 is 54.6 Å². The number of hydrogen-bond acceptors (Lipinski definition) is 9. The number of aliphatic hydroxyl groups is 1. The van der Waals surface area contributed by atoms with E-state index in [2.05, 4.69) is 20.9 Å². The Morgan fingerprint density at radius 3 is 2.16 bits per heavy atom. The highest BCUT2D eigenvalue weighted by molar-refractivity contribution is 6.72. The zero-order valence-electron chi connectivity index (χ0n) is 31.4. The second-order valence-corrected chi connectivity index (χ2v) is 18.8. The first-order valence-electron chi connectivity index (χ1n) is 18.5. The number of nitrogens with two attached hydrogens (primary N) is 2. The minimum Gasteiger partial charge on any atom is -0.399 e. The average molecular weight is 777 g/mol. The van der Waals surface area contributed by atoms with Crippen LogP contribution in [0.4, 0.5) is 32.5 Å². The van der Waals surface area contributed by atoms with Crippen molar-refractivity contribution in [3.63, 3.8) is 0 Å². The molecule has 2 aliphatic rings. The van der Waals surface area contributed by atoms with E-state index in [0.717, 1.165) is 5.56 Å². The molecule has 4 aromatic carbocycles. The van der Waals surface area contributed by atoms with Crippen molar-refractivity contribution in [2.24, 2.45) is 5.92 Å². The molecule has 7 rings (SSSR count). The maximum absolute atomic E-state index is 16.5. The molecule has 1 aromatic heterocycles. The maximum atomic E-state index is 16.5. The van der Waals surface area contributed by atoms with Crippen molar-refractivity contribution < 1.29 is 28.3 Å².